The zero-order chi connectivity index (χ0) is 17.4. The number of hydrogen-bond donors (Lipinski definition) is 1. The van der Waals surface area contributed by atoms with Crippen LogP contribution in [0, 0.1) is 5.82 Å². The maximum Gasteiger partial charge on any atom is 0.201 e. The van der Waals surface area contributed by atoms with E-state index >= 15 is 0 Å². The molecule has 0 aliphatic carbocycles. The highest BCUT2D eigenvalue weighted by Crippen LogP contribution is 2.28. The Labute approximate surface area is 145 Å². The standard InChI is InChI=1S/C20H20FN3O/c1-23-9-6-14(7-10-23)15-4-5-16(18(21)11-15)12-24-13-19-17(20(24)25)3-2-8-22-19/h2-6,8,11,13,25H,7,9-10,12H2,1H3. The van der Waals surface area contributed by atoms with E-state index in [0.29, 0.717) is 16.5 Å². The Kier molecular flexibility index (Phi) is 4.01. The molecule has 1 aliphatic heterocycles. The van der Waals surface area contributed by atoms with E-state index < -0.39 is 0 Å². The maximum absolute atomic E-state index is 14.6. The molecule has 4 nitrogen and oxygen atoms in total. The van der Waals surface area contributed by atoms with Gasteiger partial charge in [0.25, 0.3) is 0 Å². The van der Waals surface area contributed by atoms with E-state index in [9.17, 15) is 9.50 Å². The Bertz CT molecular complexity index is 961. The molecule has 0 radical (unpaired) electrons. The molecule has 0 amide bonds. The SMILES string of the molecule is CN1CC=C(c2ccc(Cn3cc4ncccc4c3O)c(F)c2)CC1. The predicted molar refractivity (Wildman–Crippen MR) is 97.0 cm³/mol. The monoisotopic (exact) mass is 337 g/mol. The molecule has 5 heteroatoms. The molecule has 1 aliphatic rings. The van der Waals surface area contributed by atoms with Gasteiger partial charge in [-0.15, -0.1) is 0 Å². The molecule has 0 atom stereocenters. The molecule has 4 rings (SSSR count). The topological polar surface area (TPSA) is 41.3 Å². The molecule has 3 heterocycles. The number of halogens is 1. The van der Waals surface area contributed by atoms with Gasteiger partial charge in [-0.25, -0.2) is 4.39 Å². The Morgan fingerprint density at radius 2 is 2.16 bits per heavy atom. The maximum atomic E-state index is 14.6. The lowest BCUT2D eigenvalue weighted by Gasteiger charge is -2.22. The summed E-state index contributed by atoms with van der Waals surface area (Å²) >= 11 is 0. The summed E-state index contributed by atoms with van der Waals surface area (Å²) in [4.78, 5) is 6.46. The first-order valence-corrected chi connectivity index (χ1v) is 8.41. The van der Waals surface area contributed by atoms with Gasteiger partial charge in [-0.05, 0) is 42.8 Å². The second-order valence-corrected chi connectivity index (χ2v) is 6.56. The van der Waals surface area contributed by atoms with Crippen LogP contribution in [0.2, 0.25) is 0 Å². The van der Waals surface area contributed by atoms with E-state index in [0.717, 1.165) is 25.1 Å². The van der Waals surface area contributed by atoms with Crippen molar-refractivity contribution >= 4 is 16.5 Å². The molecule has 25 heavy (non-hydrogen) atoms. The summed E-state index contributed by atoms with van der Waals surface area (Å²) < 4.78 is 16.2. The van der Waals surface area contributed by atoms with Crippen molar-refractivity contribution in [2.45, 2.75) is 13.0 Å². The third-order valence-corrected chi connectivity index (χ3v) is 4.81. The van der Waals surface area contributed by atoms with Crippen molar-refractivity contribution in [1.29, 1.82) is 0 Å². The Balaban J connectivity index is 1.62. The average Bonchev–Trinajstić information content (AvgIpc) is 2.94. The molecular weight excluding hydrogens is 317 g/mol. The number of fused-ring (bicyclic) bond motifs is 1. The lowest BCUT2D eigenvalue weighted by Crippen LogP contribution is -2.23. The summed E-state index contributed by atoms with van der Waals surface area (Å²) in [7, 11) is 2.08. The molecular formula is C20H20FN3O. The molecule has 0 spiro atoms. The summed E-state index contributed by atoms with van der Waals surface area (Å²) in [5.74, 6) is -0.132. The molecule has 1 N–H and O–H groups in total. The van der Waals surface area contributed by atoms with Gasteiger partial charge in [0.1, 0.15) is 5.82 Å². The van der Waals surface area contributed by atoms with Crippen molar-refractivity contribution in [3.05, 3.63) is 65.7 Å². The fourth-order valence-electron chi connectivity index (χ4n) is 3.29. The molecule has 1 aromatic carbocycles. The highest BCUT2D eigenvalue weighted by Gasteiger charge is 2.14. The van der Waals surface area contributed by atoms with Crippen molar-refractivity contribution in [3.8, 4) is 5.88 Å². The van der Waals surface area contributed by atoms with Crippen molar-refractivity contribution in [3.63, 3.8) is 0 Å². The largest absolute Gasteiger partial charge is 0.494 e. The summed E-state index contributed by atoms with van der Waals surface area (Å²) in [6, 6.07) is 8.96. The summed E-state index contributed by atoms with van der Waals surface area (Å²) in [5.41, 5.74) is 3.39. The van der Waals surface area contributed by atoms with Gasteiger partial charge >= 0.3 is 0 Å². The molecule has 0 saturated heterocycles. The van der Waals surface area contributed by atoms with Crippen LogP contribution in [0.5, 0.6) is 5.88 Å². The Morgan fingerprint density at radius 1 is 1.28 bits per heavy atom. The fraction of sp³-hybridized carbons (Fsp3) is 0.250. The lowest BCUT2D eigenvalue weighted by atomic mass is 9.98. The Morgan fingerprint density at radius 3 is 2.88 bits per heavy atom. The molecule has 0 saturated carbocycles. The third-order valence-electron chi connectivity index (χ3n) is 4.81. The molecule has 3 aromatic rings. The van der Waals surface area contributed by atoms with Crippen molar-refractivity contribution in [2.24, 2.45) is 0 Å². The van der Waals surface area contributed by atoms with Crippen LogP contribution in [0.4, 0.5) is 4.39 Å². The fourth-order valence-corrected chi connectivity index (χ4v) is 3.29. The highest BCUT2D eigenvalue weighted by atomic mass is 19.1. The van der Waals surface area contributed by atoms with Crippen LogP contribution >= 0.6 is 0 Å². The van der Waals surface area contributed by atoms with Gasteiger partial charge in [0, 0.05) is 31.0 Å². The van der Waals surface area contributed by atoms with Gasteiger partial charge in [-0.1, -0.05) is 18.2 Å². The van der Waals surface area contributed by atoms with Gasteiger partial charge in [0.15, 0.2) is 0 Å². The minimum Gasteiger partial charge on any atom is -0.494 e. The quantitative estimate of drug-likeness (QED) is 0.793. The number of aromatic hydroxyl groups is 1. The van der Waals surface area contributed by atoms with Crippen LogP contribution in [0.3, 0.4) is 0 Å². The van der Waals surface area contributed by atoms with E-state index in [2.05, 4.69) is 23.0 Å². The average molecular weight is 337 g/mol. The second kappa shape index (κ2) is 6.33. The van der Waals surface area contributed by atoms with Crippen LogP contribution in [-0.4, -0.2) is 39.7 Å². The molecule has 128 valence electrons. The normalized spacial score (nSPS) is 15.5. The van der Waals surface area contributed by atoms with Crippen LogP contribution in [0.25, 0.3) is 16.5 Å². The van der Waals surface area contributed by atoms with Crippen LogP contribution < -0.4 is 0 Å². The minimum atomic E-state index is -0.248. The zero-order valence-corrected chi connectivity index (χ0v) is 14.1. The molecule has 0 unspecified atom stereocenters. The molecule has 0 fully saturated rings. The summed E-state index contributed by atoms with van der Waals surface area (Å²) in [6.07, 6.45) is 6.52. The number of likely N-dealkylation sites (N-methyl/N-ethyl adjacent to an activating group) is 1. The lowest BCUT2D eigenvalue weighted by molar-refractivity contribution is 0.370. The summed E-state index contributed by atoms with van der Waals surface area (Å²) in [6.45, 7) is 2.16. The van der Waals surface area contributed by atoms with E-state index in [4.69, 9.17) is 0 Å². The van der Waals surface area contributed by atoms with Gasteiger partial charge in [-0.2, -0.15) is 0 Å². The first-order chi connectivity index (χ1) is 12.1. The molecule has 0 bridgehead atoms. The minimum absolute atomic E-state index is 0.115. The van der Waals surface area contributed by atoms with E-state index in [-0.39, 0.29) is 18.2 Å². The van der Waals surface area contributed by atoms with Crippen LogP contribution in [-0.2, 0) is 6.54 Å². The first kappa shape index (κ1) is 15.8. The second-order valence-electron chi connectivity index (χ2n) is 6.56. The Hall–Kier alpha value is -2.66. The number of aromatic nitrogens is 2. The van der Waals surface area contributed by atoms with E-state index in [1.54, 1.807) is 41.2 Å². The van der Waals surface area contributed by atoms with Gasteiger partial charge < -0.3 is 14.6 Å². The predicted octanol–water partition coefficient (Wildman–Crippen LogP) is 3.65. The number of rotatable bonds is 3. The van der Waals surface area contributed by atoms with Crippen molar-refractivity contribution in [2.75, 3.05) is 20.1 Å². The van der Waals surface area contributed by atoms with Crippen LogP contribution in [0.1, 0.15) is 17.5 Å². The summed E-state index contributed by atoms with van der Waals surface area (Å²) in [5, 5.41) is 11.0. The smallest absolute Gasteiger partial charge is 0.201 e. The van der Waals surface area contributed by atoms with Crippen LogP contribution in [0.15, 0.2) is 48.8 Å². The third kappa shape index (κ3) is 3.03. The molecule has 2 aromatic heterocycles. The highest BCUT2D eigenvalue weighted by molar-refractivity contribution is 5.84. The van der Waals surface area contributed by atoms with Crippen molar-refractivity contribution < 1.29 is 9.50 Å². The zero-order valence-electron chi connectivity index (χ0n) is 14.1. The van der Waals surface area contributed by atoms with E-state index in [1.807, 2.05) is 6.07 Å². The van der Waals surface area contributed by atoms with Crippen molar-refractivity contribution in [1.82, 2.24) is 14.5 Å². The number of pyridine rings is 1. The van der Waals surface area contributed by atoms with Gasteiger partial charge in [0.05, 0.1) is 17.4 Å². The van der Waals surface area contributed by atoms with Gasteiger partial charge in [-0.3, -0.25) is 4.98 Å². The van der Waals surface area contributed by atoms with E-state index in [1.165, 1.54) is 5.57 Å². The number of hydrogen-bond acceptors (Lipinski definition) is 3. The van der Waals surface area contributed by atoms with Gasteiger partial charge in [0.2, 0.25) is 5.88 Å². The number of benzene rings is 1. The first-order valence-electron chi connectivity index (χ1n) is 8.41. The number of nitrogens with zero attached hydrogens (tertiary/aromatic N) is 3.